The van der Waals surface area contributed by atoms with Crippen LogP contribution in [0.2, 0.25) is 0 Å². The molecule has 0 aliphatic carbocycles. The normalized spacial score (nSPS) is 10.3. The molecule has 0 saturated heterocycles. The lowest BCUT2D eigenvalue weighted by molar-refractivity contribution is 0.771. The third kappa shape index (κ3) is 1.61. The predicted octanol–water partition coefficient (Wildman–Crippen LogP) is 2.40. The van der Waals surface area contributed by atoms with Gasteiger partial charge in [-0.1, -0.05) is 23.8 Å². The summed E-state index contributed by atoms with van der Waals surface area (Å²) in [6.07, 6.45) is 1.96. The van der Waals surface area contributed by atoms with E-state index in [2.05, 4.69) is 36.3 Å². The largest absolute Gasteiger partial charge is 0.275 e. The second-order valence-electron chi connectivity index (χ2n) is 3.24. The van der Waals surface area contributed by atoms with Crippen molar-refractivity contribution in [2.75, 3.05) is 0 Å². The average molecular weight is 172 g/mol. The molecule has 0 aliphatic rings. The van der Waals surface area contributed by atoms with Gasteiger partial charge < -0.3 is 0 Å². The van der Waals surface area contributed by atoms with Crippen LogP contribution in [0.15, 0.2) is 36.5 Å². The van der Waals surface area contributed by atoms with Crippen molar-refractivity contribution in [2.24, 2.45) is 7.05 Å². The SMILES string of the molecule is Cc1cccc(-c2ccn(C)n2)c1. The van der Waals surface area contributed by atoms with Crippen molar-refractivity contribution in [3.63, 3.8) is 0 Å². The fraction of sp³-hybridized carbons (Fsp3) is 0.182. The highest BCUT2D eigenvalue weighted by atomic mass is 15.2. The minimum absolute atomic E-state index is 1.03. The number of hydrogen-bond acceptors (Lipinski definition) is 1. The average Bonchev–Trinajstić information content (AvgIpc) is 2.52. The van der Waals surface area contributed by atoms with E-state index in [1.807, 2.05) is 24.0 Å². The number of aryl methyl sites for hydroxylation is 2. The Labute approximate surface area is 77.8 Å². The molecule has 0 amide bonds. The molecule has 2 rings (SSSR count). The lowest BCUT2D eigenvalue weighted by atomic mass is 10.1. The number of aromatic nitrogens is 2. The first kappa shape index (κ1) is 8.05. The molecule has 1 aromatic heterocycles. The van der Waals surface area contributed by atoms with Crippen LogP contribution < -0.4 is 0 Å². The Hall–Kier alpha value is -1.57. The van der Waals surface area contributed by atoms with Gasteiger partial charge in [0, 0.05) is 18.8 Å². The molecule has 0 radical (unpaired) electrons. The fourth-order valence-corrected chi connectivity index (χ4v) is 1.37. The Morgan fingerprint density at radius 1 is 1.23 bits per heavy atom. The molecule has 13 heavy (non-hydrogen) atoms. The zero-order valence-electron chi connectivity index (χ0n) is 7.86. The molecule has 1 aromatic carbocycles. The lowest BCUT2D eigenvalue weighted by Gasteiger charge is -1.97. The van der Waals surface area contributed by atoms with E-state index in [9.17, 15) is 0 Å². The highest BCUT2D eigenvalue weighted by molar-refractivity contribution is 5.59. The maximum atomic E-state index is 4.34. The summed E-state index contributed by atoms with van der Waals surface area (Å²) < 4.78 is 1.82. The van der Waals surface area contributed by atoms with Gasteiger partial charge in [-0.3, -0.25) is 4.68 Å². The van der Waals surface area contributed by atoms with Gasteiger partial charge in [0.2, 0.25) is 0 Å². The molecule has 2 nitrogen and oxygen atoms in total. The minimum atomic E-state index is 1.03. The van der Waals surface area contributed by atoms with Crippen LogP contribution in [0.4, 0.5) is 0 Å². The van der Waals surface area contributed by atoms with Crippen molar-refractivity contribution in [1.29, 1.82) is 0 Å². The van der Waals surface area contributed by atoms with Gasteiger partial charge in [0.25, 0.3) is 0 Å². The number of benzene rings is 1. The minimum Gasteiger partial charge on any atom is -0.275 e. The molecular weight excluding hydrogens is 160 g/mol. The fourth-order valence-electron chi connectivity index (χ4n) is 1.37. The topological polar surface area (TPSA) is 17.8 Å². The zero-order valence-corrected chi connectivity index (χ0v) is 7.86. The Bertz CT molecular complexity index is 416. The second kappa shape index (κ2) is 3.05. The van der Waals surface area contributed by atoms with Crippen molar-refractivity contribution in [1.82, 2.24) is 9.78 Å². The standard InChI is InChI=1S/C11H12N2/c1-9-4-3-5-10(8-9)11-6-7-13(2)12-11/h3-8H,1-2H3. The van der Waals surface area contributed by atoms with Crippen LogP contribution in [0.3, 0.4) is 0 Å². The van der Waals surface area contributed by atoms with Crippen LogP contribution in [0.1, 0.15) is 5.56 Å². The Morgan fingerprint density at radius 2 is 2.08 bits per heavy atom. The molecule has 0 aliphatic heterocycles. The number of rotatable bonds is 1. The summed E-state index contributed by atoms with van der Waals surface area (Å²) in [5, 5.41) is 4.34. The van der Waals surface area contributed by atoms with Crippen LogP contribution in [-0.2, 0) is 7.05 Å². The highest BCUT2D eigenvalue weighted by Crippen LogP contribution is 2.17. The van der Waals surface area contributed by atoms with Crippen molar-refractivity contribution < 1.29 is 0 Å². The van der Waals surface area contributed by atoms with Gasteiger partial charge in [-0.25, -0.2) is 0 Å². The van der Waals surface area contributed by atoms with Crippen molar-refractivity contribution in [3.8, 4) is 11.3 Å². The van der Waals surface area contributed by atoms with Crippen LogP contribution in [0, 0.1) is 6.92 Å². The van der Waals surface area contributed by atoms with Crippen LogP contribution in [-0.4, -0.2) is 9.78 Å². The summed E-state index contributed by atoms with van der Waals surface area (Å²) in [5.41, 5.74) is 3.48. The van der Waals surface area contributed by atoms with E-state index in [0.29, 0.717) is 0 Å². The van der Waals surface area contributed by atoms with E-state index >= 15 is 0 Å². The van der Waals surface area contributed by atoms with Gasteiger partial charge in [-0.2, -0.15) is 5.10 Å². The van der Waals surface area contributed by atoms with Gasteiger partial charge in [-0.15, -0.1) is 0 Å². The molecule has 0 atom stereocenters. The van der Waals surface area contributed by atoms with Crippen LogP contribution >= 0.6 is 0 Å². The molecule has 0 unspecified atom stereocenters. The molecule has 1 heterocycles. The van der Waals surface area contributed by atoms with Gasteiger partial charge in [0.05, 0.1) is 5.69 Å². The van der Waals surface area contributed by atoms with Gasteiger partial charge in [-0.05, 0) is 19.1 Å². The van der Waals surface area contributed by atoms with E-state index < -0.39 is 0 Å². The molecule has 0 fully saturated rings. The molecule has 0 bridgehead atoms. The van der Waals surface area contributed by atoms with Gasteiger partial charge >= 0.3 is 0 Å². The zero-order chi connectivity index (χ0) is 9.26. The molecule has 2 aromatic rings. The first-order valence-corrected chi connectivity index (χ1v) is 4.32. The molecule has 0 saturated carbocycles. The summed E-state index contributed by atoms with van der Waals surface area (Å²) in [6, 6.07) is 10.4. The quantitative estimate of drug-likeness (QED) is 0.645. The van der Waals surface area contributed by atoms with Crippen molar-refractivity contribution in [3.05, 3.63) is 42.1 Å². The summed E-state index contributed by atoms with van der Waals surface area (Å²) in [6.45, 7) is 2.09. The molecule has 0 N–H and O–H groups in total. The van der Waals surface area contributed by atoms with E-state index in [1.165, 1.54) is 11.1 Å². The summed E-state index contributed by atoms with van der Waals surface area (Å²) in [5.74, 6) is 0. The van der Waals surface area contributed by atoms with E-state index in [4.69, 9.17) is 0 Å². The second-order valence-corrected chi connectivity index (χ2v) is 3.24. The molecule has 66 valence electrons. The number of hydrogen-bond donors (Lipinski definition) is 0. The maximum Gasteiger partial charge on any atom is 0.0923 e. The summed E-state index contributed by atoms with van der Waals surface area (Å²) >= 11 is 0. The monoisotopic (exact) mass is 172 g/mol. The van der Waals surface area contributed by atoms with Gasteiger partial charge in [0.1, 0.15) is 0 Å². The smallest absolute Gasteiger partial charge is 0.0923 e. The van der Waals surface area contributed by atoms with Gasteiger partial charge in [0.15, 0.2) is 0 Å². The van der Waals surface area contributed by atoms with E-state index in [-0.39, 0.29) is 0 Å². The van der Waals surface area contributed by atoms with Crippen molar-refractivity contribution in [2.45, 2.75) is 6.92 Å². The van der Waals surface area contributed by atoms with Crippen LogP contribution in [0.5, 0.6) is 0 Å². The first-order chi connectivity index (χ1) is 6.25. The molecule has 0 spiro atoms. The Balaban J connectivity index is 2.46. The van der Waals surface area contributed by atoms with E-state index in [1.54, 1.807) is 0 Å². The highest BCUT2D eigenvalue weighted by Gasteiger charge is 1.99. The number of nitrogens with zero attached hydrogens (tertiary/aromatic N) is 2. The Morgan fingerprint density at radius 3 is 2.69 bits per heavy atom. The van der Waals surface area contributed by atoms with E-state index in [0.717, 1.165) is 5.69 Å². The first-order valence-electron chi connectivity index (χ1n) is 4.32. The lowest BCUT2D eigenvalue weighted by Crippen LogP contribution is -1.87. The predicted molar refractivity (Wildman–Crippen MR) is 53.4 cm³/mol. The third-order valence-electron chi connectivity index (χ3n) is 2.03. The third-order valence-corrected chi connectivity index (χ3v) is 2.03. The maximum absolute atomic E-state index is 4.34. The Kier molecular flexibility index (Phi) is 1.89. The summed E-state index contributed by atoms with van der Waals surface area (Å²) in [7, 11) is 1.93. The van der Waals surface area contributed by atoms with Crippen molar-refractivity contribution >= 4 is 0 Å². The van der Waals surface area contributed by atoms with Crippen LogP contribution in [0.25, 0.3) is 11.3 Å². The summed E-state index contributed by atoms with van der Waals surface area (Å²) in [4.78, 5) is 0. The molecular formula is C11H12N2. The molecule has 2 heteroatoms.